The van der Waals surface area contributed by atoms with Gasteiger partial charge in [0.15, 0.2) is 0 Å². The van der Waals surface area contributed by atoms with E-state index in [9.17, 15) is 9.59 Å². The molecule has 2 unspecified atom stereocenters. The van der Waals surface area contributed by atoms with Gasteiger partial charge in [0, 0.05) is 12.0 Å². The molecule has 0 saturated heterocycles. The van der Waals surface area contributed by atoms with Crippen molar-refractivity contribution in [1.82, 2.24) is 10.6 Å². The number of hydrogen-bond acceptors (Lipinski definition) is 3. The van der Waals surface area contributed by atoms with Gasteiger partial charge in [-0.05, 0) is 44.7 Å². The second-order valence-electron chi connectivity index (χ2n) is 6.60. The summed E-state index contributed by atoms with van der Waals surface area (Å²) in [5.74, 6) is -0.382. The lowest BCUT2D eigenvalue weighted by Gasteiger charge is -2.34. The van der Waals surface area contributed by atoms with E-state index in [1.165, 1.54) is 11.1 Å². The van der Waals surface area contributed by atoms with Gasteiger partial charge in [-0.15, -0.1) is 0 Å². The molecule has 4 N–H and O–H groups in total. The van der Waals surface area contributed by atoms with Crippen molar-refractivity contribution in [1.29, 1.82) is 0 Å². The first-order valence-corrected chi connectivity index (χ1v) is 8.46. The predicted molar refractivity (Wildman–Crippen MR) is 95.2 cm³/mol. The second kappa shape index (κ2) is 7.62. The van der Waals surface area contributed by atoms with Gasteiger partial charge < -0.3 is 16.4 Å². The van der Waals surface area contributed by atoms with E-state index < -0.39 is 0 Å². The van der Waals surface area contributed by atoms with Crippen molar-refractivity contribution in [2.75, 3.05) is 6.54 Å². The van der Waals surface area contributed by atoms with Gasteiger partial charge in [0.1, 0.15) is 5.70 Å². The molecule has 1 aliphatic rings. The van der Waals surface area contributed by atoms with E-state index in [-0.39, 0.29) is 30.3 Å². The summed E-state index contributed by atoms with van der Waals surface area (Å²) in [6, 6.07) is 6.43. The third-order valence-corrected chi connectivity index (χ3v) is 4.52. The van der Waals surface area contributed by atoms with E-state index in [0.29, 0.717) is 12.1 Å². The number of rotatable bonds is 5. The number of hydrogen-bond donors (Lipinski definition) is 3. The van der Waals surface area contributed by atoms with Crippen LogP contribution in [0.15, 0.2) is 29.5 Å². The minimum atomic E-state index is -0.345. The monoisotopic (exact) mass is 329 g/mol. The number of aryl methyl sites for hydroxylation is 2. The zero-order chi connectivity index (χ0) is 17.9. The molecule has 1 heterocycles. The van der Waals surface area contributed by atoms with Gasteiger partial charge in [0.25, 0.3) is 5.91 Å². The lowest BCUT2D eigenvalue weighted by molar-refractivity contribution is -0.124. The maximum absolute atomic E-state index is 12.4. The van der Waals surface area contributed by atoms with Crippen LogP contribution in [-0.4, -0.2) is 24.4 Å². The second-order valence-corrected chi connectivity index (χ2v) is 6.60. The first-order chi connectivity index (χ1) is 11.3. The molecule has 2 rings (SSSR count). The average molecular weight is 329 g/mol. The molecule has 1 aromatic rings. The van der Waals surface area contributed by atoms with Gasteiger partial charge in [-0.25, -0.2) is 0 Å². The van der Waals surface area contributed by atoms with E-state index in [1.54, 1.807) is 0 Å². The van der Waals surface area contributed by atoms with Gasteiger partial charge in [-0.2, -0.15) is 0 Å². The highest BCUT2D eigenvalue weighted by Crippen LogP contribution is 2.29. The van der Waals surface area contributed by atoms with Crippen LogP contribution in [0.25, 0.3) is 0 Å². The summed E-state index contributed by atoms with van der Waals surface area (Å²) >= 11 is 0. The molecule has 5 nitrogen and oxygen atoms in total. The Labute approximate surface area is 143 Å². The Balaban J connectivity index is 2.47. The van der Waals surface area contributed by atoms with Crippen LogP contribution in [0, 0.1) is 19.8 Å². The van der Waals surface area contributed by atoms with Crippen molar-refractivity contribution < 1.29 is 9.59 Å². The SMILES string of the molecule is CCC1C(Cc2cc(C)cc(C)c2)=C(NC(=O)CN)C(=O)NC1C. The molecule has 2 atom stereocenters. The van der Waals surface area contributed by atoms with Crippen molar-refractivity contribution >= 4 is 11.8 Å². The number of carbonyl (C=O) groups excluding carboxylic acids is 2. The van der Waals surface area contributed by atoms with Crippen molar-refractivity contribution in [2.24, 2.45) is 11.7 Å². The van der Waals surface area contributed by atoms with E-state index in [1.807, 2.05) is 6.92 Å². The van der Waals surface area contributed by atoms with Crippen LogP contribution in [-0.2, 0) is 16.0 Å². The highest BCUT2D eigenvalue weighted by Gasteiger charge is 2.33. The lowest BCUT2D eigenvalue weighted by atomic mass is 9.81. The predicted octanol–water partition coefficient (Wildman–Crippen LogP) is 1.72. The summed E-state index contributed by atoms with van der Waals surface area (Å²) in [7, 11) is 0. The van der Waals surface area contributed by atoms with Crippen LogP contribution in [0.2, 0.25) is 0 Å². The van der Waals surface area contributed by atoms with Crippen molar-refractivity contribution in [3.63, 3.8) is 0 Å². The lowest BCUT2D eigenvalue weighted by Crippen LogP contribution is -2.49. The van der Waals surface area contributed by atoms with Gasteiger partial charge in [0.05, 0.1) is 6.54 Å². The van der Waals surface area contributed by atoms with E-state index >= 15 is 0 Å². The minimum Gasteiger partial charge on any atom is -0.348 e. The summed E-state index contributed by atoms with van der Waals surface area (Å²) in [5, 5.41) is 5.65. The first kappa shape index (κ1) is 18.2. The van der Waals surface area contributed by atoms with Gasteiger partial charge in [-0.3, -0.25) is 9.59 Å². The van der Waals surface area contributed by atoms with Crippen molar-refractivity contribution in [2.45, 2.75) is 46.6 Å². The summed E-state index contributed by atoms with van der Waals surface area (Å²) in [4.78, 5) is 24.2. The number of carbonyl (C=O) groups is 2. The molecule has 1 aromatic carbocycles. The molecular weight excluding hydrogens is 302 g/mol. The number of benzene rings is 1. The fraction of sp³-hybridized carbons (Fsp3) is 0.474. The number of amides is 2. The number of nitrogens with two attached hydrogens (primary N) is 1. The topological polar surface area (TPSA) is 84.2 Å². The van der Waals surface area contributed by atoms with E-state index in [4.69, 9.17) is 5.73 Å². The summed E-state index contributed by atoms with van der Waals surface area (Å²) in [6.07, 6.45) is 1.54. The molecule has 0 fully saturated rings. The quantitative estimate of drug-likeness (QED) is 0.769. The maximum atomic E-state index is 12.4. The molecule has 0 saturated carbocycles. The molecular formula is C19H27N3O2. The third-order valence-electron chi connectivity index (χ3n) is 4.52. The van der Waals surface area contributed by atoms with Crippen molar-refractivity contribution in [3.8, 4) is 0 Å². The standard InChI is InChI=1S/C19H27N3O2/c1-5-15-13(4)21-19(24)18(22-17(23)10-20)16(15)9-14-7-11(2)6-12(3)8-14/h6-8,13,15H,5,9-10,20H2,1-4H3,(H,21,24)(H,22,23). The fourth-order valence-corrected chi connectivity index (χ4v) is 3.55. The van der Waals surface area contributed by atoms with Crippen LogP contribution in [0.3, 0.4) is 0 Å². The molecule has 130 valence electrons. The minimum absolute atomic E-state index is 0.0435. The highest BCUT2D eigenvalue weighted by molar-refractivity contribution is 5.99. The van der Waals surface area contributed by atoms with Crippen LogP contribution >= 0.6 is 0 Å². The number of nitrogens with one attached hydrogen (secondary N) is 2. The van der Waals surface area contributed by atoms with Gasteiger partial charge >= 0.3 is 0 Å². The Morgan fingerprint density at radius 1 is 1.25 bits per heavy atom. The molecule has 1 aliphatic heterocycles. The van der Waals surface area contributed by atoms with Gasteiger partial charge in [0.2, 0.25) is 5.91 Å². The average Bonchev–Trinajstić information content (AvgIpc) is 2.50. The summed E-state index contributed by atoms with van der Waals surface area (Å²) in [6.45, 7) is 8.10. The Morgan fingerprint density at radius 2 is 1.88 bits per heavy atom. The highest BCUT2D eigenvalue weighted by atomic mass is 16.2. The normalized spacial score (nSPS) is 20.8. The van der Waals surface area contributed by atoms with E-state index in [2.05, 4.69) is 49.6 Å². The molecule has 0 radical (unpaired) electrons. The first-order valence-electron chi connectivity index (χ1n) is 8.46. The zero-order valence-corrected chi connectivity index (χ0v) is 14.9. The van der Waals surface area contributed by atoms with Crippen LogP contribution < -0.4 is 16.4 Å². The van der Waals surface area contributed by atoms with Crippen LogP contribution in [0.4, 0.5) is 0 Å². The molecule has 2 amide bonds. The summed E-state index contributed by atoms with van der Waals surface area (Å²) < 4.78 is 0. The zero-order valence-electron chi connectivity index (χ0n) is 14.9. The third kappa shape index (κ3) is 4.03. The Hall–Kier alpha value is -2.14. The largest absolute Gasteiger partial charge is 0.348 e. The van der Waals surface area contributed by atoms with Crippen LogP contribution in [0.1, 0.15) is 37.0 Å². The van der Waals surface area contributed by atoms with Gasteiger partial charge in [-0.1, -0.05) is 36.2 Å². The maximum Gasteiger partial charge on any atom is 0.267 e. The molecule has 0 spiro atoms. The molecule has 0 bridgehead atoms. The van der Waals surface area contributed by atoms with Crippen molar-refractivity contribution in [3.05, 3.63) is 46.2 Å². The van der Waals surface area contributed by atoms with E-state index in [0.717, 1.165) is 17.6 Å². The Bertz CT molecular complexity index is 659. The fourth-order valence-electron chi connectivity index (χ4n) is 3.55. The summed E-state index contributed by atoms with van der Waals surface area (Å²) in [5.41, 5.74) is 10.3. The molecule has 5 heteroatoms. The smallest absolute Gasteiger partial charge is 0.267 e. The Morgan fingerprint density at radius 3 is 2.42 bits per heavy atom. The van der Waals surface area contributed by atoms with Crippen LogP contribution in [0.5, 0.6) is 0 Å². The molecule has 0 aliphatic carbocycles. The Kier molecular flexibility index (Phi) is 5.78. The molecule has 24 heavy (non-hydrogen) atoms. The molecule has 0 aromatic heterocycles.